The molecule has 4 aromatic rings. The zero-order valence-corrected chi connectivity index (χ0v) is 28.4. The van der Waals surface area contributed by atoms with Gasteiger partial charge in [-0.25, -0.2) is 9.57 Å². The Morgan fingerprint density at radius 2 is 1.53 bits per heavy atom. The molecular formula is C37H44N6O6. The van der Waals surface area contributed by atoms with Crippen LogP contribution in [0.5, 0.6) is 11.5 Å². The fourth-order valence-corrected chi connectivity index (χ4v) is 7.28. The molecule has 12 nitrogen and oxygen atoms in total. The van der Waals surface area contributed by atoms with Gasteiger partial charge in [0.2, 0.25) is 0 Å². The monoisotopic (exact) mass is 668 g/mol. The van der Waals surface area contributed by atoms with E-state index < -0.39 is 17.6 Å². The molecule has 49 heavy (non-hydrogen) atoms. The zero-order chi connectivity index (χ0) is 34.9. The van der Waals surface area contributed by atoms with Crippen LogP contribution in [-0.2, 0) is 17.0 Å². The van der Waals surface area contributed by atoms with Crippen molar-refractivity contribution in [3.05, 3.63) is 101 Å². The summed E-state index contributed by atoms with van der Waals surface area (Å²) in [5.74, 6) is 0.427. The average Bonchev–Trinajstić information content (AvgIpc) is 3.67. The number of amides is 1. The van der Waals surface area contributed by atoms with E-state index in [1.54, 1.807) is 11.1 Å². The lowest BCUT2D eigenvalue weighted by atomic mass is 9.74. The van der Waals surface area contributed by atoms with Gasteiger partial charge in [-0.1, -0.05) is 42.1 Å². The molecule has 2 aliphatic rings. The van der Waals surface area contributed by atoms with Crippen molar-refractivity contribution < 1.29 is 29.9 Å². The quantitative estimate of drug-likeness (QED) is 0.0839. The first-order chi connectivity index (χ1) is 23.7. The first kappa shape index (κ1) is 34.0. The Morgan fingerprint density at radius 1 is 0.939 bits per heavy atom. The summed E-state index contributed by atoms with van der Waals surface area (Å²) in [5, 5.41) is 38.0. The standard InChI is InChI=1S/C37H44N6O6/c1-6-40(7-2)26-14-16-31-33(19-26)48-34-20-27(41(8-3)9-4)15-17-32(34)37(31)30-13-11-10-12-29(30)36(46)43(37)35-22-42(39-38-35)21-28(49-47)18-25(23-44)24(5)45/h10-17,19-20,22,25,28,44-45,47H,5-9,18,21,23H2,1-4H3. The van der Waals surface area contributed by atoms with E-state index in [2.05, 4.69) is 71.4 Å². The van der Waals surface area contributed by atoms with Gasteiger partial charge in [0, 0.05) is 77.9 Å². The summed E-state index contributed by atoms with van der Waals surface area (Å²) >= 11 is 0. The van der Waals surface area contributed by atoms with Crippen molar-refractivity contribution >= 4 is 23.1 Å². The lowest BCUT2D eigenvalue weighted by molar-refractivity contribution is -0.285. The Labute approximate surface area is 286 Å². The van der Waals surface area contributed by atoms with E-state index in [1.807, 2.05) is 48.5 Å². The molecule has 1 spiro atoms. The summed E-state index contributed by atoms with van der Waals surface area (Å²) in [6, 6.07) is 19.9. The van der Waals surface area contributed by atoms with Crippen molar-refractivity contribution in [2.75, 3.05) is 47.5 Å². The minimum absolute atomic E-state index is 0.0337. The molecule has 0 saturated heterocycles. The normalized spacial score (nSPS) is 15.3. The van der Waals surface area contributed by atoms with Gasteiger partial charge >= 0.3 is 0 Å². The van der Waals surface area contributed by atoms with Gasteiger partial charge in [0.1, 0.15) is 23.1 Å². The first-order valence-electron chi connectivity index (χ1n) is 16.8. The largest absolute Gasteiger partial charge is 0.513 e. The molecule has 258 valence electrons. The number of aliphatic hydroxyl groups is 2. The summed E-state index contributed by atoms with van der Waals surface area (Å²) in [6.45, 7) is 14.9. The number of aromatic nitrogens is 3. The van der Waals surface area contributed by atoms with Crippen molar-refractivity contribution in [1.29, 1.82) is 0 Å². The van der Waals surface area contributed by atoms with Crippen LogP contribution in [0.1, 0.15) is 61.2 Å². The second-order valence-corrected chi connectivity index (χ2v) is 12.3. The number of ether oxygens (including phenoxy) is 1. The zero-order valence-electron chi connectivity index (χ0n) is 28.4. The highest BCUT2D eigenvalue weighted by atomic mass is 17.1. The van der Waals surface area contributed by atoms with Crippen LogP contribution in [-0.4, -0.2) is 75.3 Å². The van der Waals surface area contributed by atoms with Gasteiger partial charge in [-0.3, -0.25) is 15.0 Å². The van der Waals surface area contributed by atoms with Gasteiger partial charge in [-0.15, -0.1) is 5.10 Å². The molecule has 1 amide bonds. The summed E-state index contributed by atoms with van der Waals surface area (Å²) in [6.07, 6.45) is 0.873. The van der Waals surface area contributed by atoms with Crippen LogP contribution in [0.4, 0.5) is 17.2 Å². The molecule has 3 heterocycles. The number of hydrogen-bond donors (Lipinski definition) is 3. The summed E-state index contributed by atoms with van der Waals surface area (Å²) in [4.78, 5) is 25.5. The van der Waals surface area contributed by atoms with E-state index in [0.29, 0.717) is 22.9 Å². The third-order valence-corrected chi connectivity index (χ3v) is 9.81. The van der Waals surface area contributed by atoms with Crippen LogP contribution < -0.4 is 19.4 Å². The molecule has 1 aromatic heterocycles. The van der Waals surface area contributed by atoms with E-state index in [0.717, 1.165) is 54.2 Å². The highest BCUT2D eigenvalue weighted by Gasteiger charge is 2.58. The second kappa shape index (κ2) is 13.9. The Hall–Kier alpha value is -4.91. The molecule has 3 N–H and O–H groups in total. The number of carbonyl (C=O) groups excluding carboxylic acids is 1. The minimum atomic E-state index is -1.15. The molecule has 0 fully saturated rings. The molecular weight excluding hydrogens is 624 g/mol. The molecule has 12 heteroatoms. The van der Waals surface area contributed by atoms with Crippen LogP contribution in [0.25, 0.3) is 0 Å². The Morgan fingerprint density at radius 3 is 2.06 bits per heavy atom. The molecule has 0 radical (unpaired) electrons. The van der Waals surface area contributed by atoms with E-state index in [-0.39, 0.29) is 31.2 Å². The third-order valence-electron chi connectivity index (χ3n) is 9.81. The average molecular weight is 669 g/mol. The molecule has 0 saturated carbocycles. The molecule has 2 atom stereocenters. The first-order valence-corrected chi connectivity index (χ1v) is 16.8. The molecule has 3 aromatic carbocycles. The summed E-state index contributed by atoms with van der Waals surface area (Å²) in [7, 11) is 0. The Bertz CT molecular complexity index is 1770. The lowest BCUT2D eigenvalue weighted by Crippen LogP contribution is -2.48. The second-order valence-electron chi connectivity index (χ2n) is 12.3. The van der Waals surface area contributed by atoms with Crippen LogP contribution in [0.2, 0.25) is 0 Å². The smallest absolute Gasteiger partial charge is 0.261 e. The van der Waals surface area contributed by atoms with E-state index in [4.69, 9.17) is 4.74 Å². The molecule has 2 unspecified atom stereocenters. The maximum absolute atomic E-state index is 14.6. The van der Waals surface area contributed by atoms with E-state index in [9.17, 15) is 20.3 Å². The van der Waals surface area contributed by atoms with Crippen molar-refractivity contribution in [3.8, 4) is 11.5 Å². The minimum Gasteiger partial charge on any atom is -0.513 e. The topological polar surface area (TPSA) is 137 Å². The number of anilines is 3. The van der Waals surface area contributed by atoms with Crippen molar-refractivity contribution in [3.63, 3.8) is 0 Å². The fraction of sp³-hybridized carbons (Fsp3) is 0.378. The molecule has 6 rings (SSSR count). The van der Waals surface area contributed by atoms with Crippen LogP contribution >= 0.6 is 0 Å². The van der Waals surface area contributed by atoms with Gasteiger partial charge in [0.15, 0.2) is 5.82 Å². The molecule has 2 aliphatic heterocycles. The molecule has 0 aliphatic carbocycles. The lowest BCUT2D eigenvalue weighted by Gasteiger charge is -2.43. The predicted octanol–water partition coefficient (Wildman–Crippen LogP) is 5.96. The number of aliphatic hydroxyl groups excluding tert-OH is 2. The maximum atomic E-state index is 14.6. The van der Waals surface area contributed by atoms with Crippen LogP contribution in [0, 0.1) is 5.92 Å². The number of fused-ring (bicyclic) bond motifs is 6. The predicted molar refractivity (Wildman–Crippen MR) is 188 cm³/mol. The van der Waals surface area contributed by atoms with Crippen molar-refractivity contribution in [2.45, 2.75) is 52.3 Å². The summed E-state index contributed by atoms with van der Waals surface area (Å²) in [5.41, 5.74) is 3.81. The van der Waals surface area contributed by atoms with Crippen LogP contribution in [0.3, 0.4) is 0 Å². The van der Waals surface area contributed by atoms with E-state index >= 15 is 0 Å². The van der Waals surface area contributed by atoms with E-state index in [1.165, 1.54) is 4.68 Å². The number of benzene rings is 3. The van der Waals surface area contributed by atoms with Gasteiger partial charge in [0.05, 0.1) is 25.1 Å². The number of carbonyl (C=O) groups is 1. The SMILES string of the molecule is C=C(O)C(CO)CC(Cn1cc(N2C(=O)c3ccccc3C23c2ccc(N(CC)CC)cc2Oc2cc(N(CC)CC)ccc23)nn1)OO. The van der Waals surface area contributed by atoms with Crippen LogP contribution in [0.15, 0.2) is 79.2 Å². The Balaban J connectivity index is 1.54. The number of hydrogen-bond acceptors (Lipinski definition) is 10. The summed E-state index contributed by atoms with van der Waals surface area (Å²) < 4.78 is 8.25. The fourth-order valence-electron chi connectivity index (χ4n) is 7.28. The van der Waals surface area contributed by atoms with Gasteiger partial charge in [0.25, 0.3) is 5.91 Å². The van der Waals surface area contributed by atoms with Crippen molar-refractivity contribution in [2.24, 2.45) is 5.92 Å². The third kappa shape index (κ3) is 5.69. The Kier molecular flexibility index (Phi) is 9.64. The number of rotatable bonds is 14. The highest BCUT2D eigenvalue weighted by molar-refractivity contribution is 6.13. The number of nitrogens with zero attached hydrogens (tertiary/aromatic N) is 6. The van der Waals surface area contributed by atoms with Gasteiger partial charge < -0.3 is 24.7 Å². The maximum Gasteiger partial charge on any atom is 0.261 e. The van der Waals surface area contributed by atoms with Crippen molar-refractivity contribution in [1.82, 2.24) is 15.0 Å². The molecule has 0 bridgehead atoms. The van der Waals surface area contributed by atoms with Gasteiger partial charge in [-0.2, -0.15) is 0 Å². The highest BCUT2D eigenvalue weighted by Crippen LogP contribution is 2.59. The van der Waals surface area contributed by atoms with Gasteiger partial charge in [-0.05, 0) is 52.3 Å².